The molecule has 1 aromatic heterocycles. The topological polar surface area (TPSA) is 50.9 Å². The molecule has 1 heterocycles. The molecule has 0 spiro atoms. The highest BCUT2D eigenvalue weighted by Gasteiger charge is 2.40. The van der Waals surface area contributed by atoms with Gasteiger partial charge in [0.15, 0.2) is 0 Å². The van der Waals surface area contributed by atoms with Crippen molar-refractivity contribution in [3.8, 4) is 0 Å². The second-order valence-electron chi connectivity index (χ2n) is 5.94. The van der Waals surface area contributed by atoms with Crippen molar-refractivity contribution >= 4 is 11.3 Å². The molecule has 1 atom stereocenters. The van der Waals surface area contributed by atoms with Crippen LogP contribution in [0.5, 0.6) is 0 Å². The maximum atomic E-state index is 5.83. The molecule has 100 valence electrons. The van der Waals surface area contributed by atoms with Gasteiger partial charge in [0, 0.05) is 11.9 Å². The van der Waals surface area contributed by atoms with Crippen LogP contribution >= 0.6 is 11.3 Å². The zero-order valence-electron chi connectivity index (χ0n) is 11.1. The Morgan fingerprint density at radius 2 is 2.06 bits per heavy atom. The minimum Gasteiger partial charge on any atom is -0.322 e. The quantitative estimate of drug-likeness (QED) is 0.797. The van der Waals surface area contributed by atoms with E-state index in [4.69, 9.17) is 5.73 Å². The lowest BCUT2D eigenvalue weighted by Crippen LogP contribution is -2.25. The predicted octanol–water partition coefficient (Wildman–Crippen LogP) is 2.69. The van der Waals surface area contributed by atoms with Gasteiger partial charge in [-0.15, -0.1) is 11.3 Å². The summed E-state index contributed by atoms with van der Waals surface area (Å²) in [5.74, 6) is 3.00. The van der Waals surface area contributed by atoms with E-state index in [-0.39, 0.29) is 6.04 Å². The van der Waals surface area contributed by atoms with E-state index in [0.29, 0.717) is 0 Å². The zero-order chi connectivity index (χ0) is 12.5. The lowest BCUT2D eigenvalue weighted by molar-refractivity contribution is 0.378. The molecule has 2 aliphatic rings. The summed E-state index contributed by atoms with van der Waals surface area (Å²) in [6, 6.07) is 0.0643. The minimum atomic E-state index is 0.0643. The SMILES string of the molecule is CC(N)c1nc(CNCC(C2CC2)C2CC2)cs1. The Hall–Kier alpha value is -0.450. The Labute approximate surface area is 113 Å². The summed E-state index contributed by atoms with van der Waals surface area (Å²) in [6.07, 6.45) is 5.87. The molecular weight excluding hydrogens is 242 g/mol. The third-order valence-electron chi connectivity index (χ3n) is 4.10. The third kappa shape index (κ3) is 3.11. The average Bonchev–Trinajstić information content (AvgIpc) is 3.25. The third-order valence-corrected chi connectivity index (χ3v) is 5.19. The molecule has 1 aromatic rings. The molecule has 0 amide bonds. The number of thiazole rings is 1. The molecule has 2 fully saturated rings. The van der Waals surface area contributed by atoms with Gasteiger partial charge >= 0.3 is 0 Å². The van der Waals surface area contributed by atoms with Crippen LogP contribution in [0.2, 0.25) is 0 Å². The highest BCUT2D eigenvalue weighted by molar-refractivity contribution is 7.09. The number of aromatic nitrogens is 1. The first-order chi connectivity index (χ1) is 8.74. The highest BCUT2D eigenvalue weighted by Crippen LogP contribution is 2.48. The van der Waals surface area contributed by atoms with Crippen LogP contribution in [0.15, 0.2) is 5.38 Å². The van der Waals surface area contributed by atoms with Crippen LogP contribution < -0.4 is 11.1 Å². The monoisotopic (exact) mass is 265 g/mol. The zero-order valence-corrected chi connectivity index (χ0v) is 11.9. The summed E-state index contributed by atoms with van der Waals surface area (Å²) in [5.41, 5.74) is 6.98. The van der Waals surface area contributed by atoms with Crippen molar-refractivity contribution in [2.75, 3.05) is 6.54 Å². The number of nitrogens with two attached hydrogens (primary N) is 1. The lowest BCUT2D eigenvalue weighted by atomic mass is 9.98. The summed E-state index contributed by atoms with van der Waals surface area (Å²) in [7, 11) is 0. The largest absolute Gasteiger partial charge is 0.322 e. The number of hydrogen-bond donors (Lipinski definition) is 2. The second-order valence-corrected chi connectivity index (χ2v) is 6.83. The van der Waals surface area contributed by atoms with E-state index in [2.05, 4.69) is 15.7 Å². The second kappa shape index (κ2) is 5.27. The van der Waals surface area contributed by atoms with Crippen LogP contribution in [0, 0.1) is 17.8 Å². The van der Waals surface area contributed by atoms with Crippen LogP contribution in [0.4, 0.5) is 0 Å². The molecule has 2 aliphatic carbocycles. The summed E-state index contributed by atoms with van der Waals surface area (Å²) in [5, 5.41) is 6.78. The summed E-state index contributed by atoms with van der Waals surface area (Å²) in [6.45, 7) is 4.08. The van der Waals surface area contributed by atoms with Gasteiger partial charge in [0.25, 0.3) is 0 Å². The fraction of sp³-hybridized carbons (Fsp3) is 0.786. The number of nitrogens with one attached hydrogen (secondary N) is 1. The molecule has 0 aliphatic heterocycles. The van der Waals surface area contributed by atoms with Crippen molar-refractivity contribution in [3.63, 3.8) is 0 Å². The Bertz CT molecular complexity index is 381. The van der Waals surface area contributed by atoms with Gasteiger partial charge in [0.1, 0.15) is 5.01 Å². The summed E-state index contributed by atoms with van der Waals surface area (Å²) >= 11 is 1.68. The molecule has 4 heteroatoms. The van der Waals surface area contributed by atoms with Crippen LogP contribution in [-0.2, 0) is 6.54 Å². The van der Waals surface area contributed by atoms with Crippen molar-refractivity contribution in [2.45, 2.75) is 45.2 Å². The highest BCUT2D eigenvalue weighted by atomic mass is 32.1. The van der Waals surface area contributed by atoms with Crippen molar-refractivity contribution in [1.82, 2.24) is 10.3 Å². The molecule has 0 radical (unpaired) electrons. The van der Waals surface area contributed by atoms with Crippen LogP contribution in [0.3, 0.4) is 0 Å². The van der Waals surface area contributed by atoms with Crippen molar-refractivity contribution in [2.24, 2.45) is 23.5 Å². The van der Waals surface area contributed by atoms with Gasteiger partial charge in [-0.25, -0.2) is 4.98 Å². The van der Waals surface area contributed by atoms with E-state index in [0.717, 1.165) is 35.0 Å². The molecule has 3 rings (SSSR count). The van der Waals surface area contributed by atoms with Crippen LogP contribution in [0.1, 0.15) is 49.4 Å². The van der Waals surface area contributed by atoms with Gasteiger partial charge in [0.2, 0.25) is 0 Å². The van der Waals surface area contributed by atoms with E-state index in [9.17, 15) is 0 Å². The van der Waals surface area contributed by atoms with Gasteiger partial charge < -0.3 is 11.1 Å². The van der Waals surface area contributed by atoms with Crippen molar-refractivity contribution in [1.29, 1.82) is 0 Å². The van der Waals surface area contributed by atoms with E-state index in [1.54, 1.807) is 11.3 Å². The van der Waals surface area contributed by atoms with Gasteiger partial charge in [-0.05, 0) is 56.9 Å². The van der Waals surface area contributed by atoms with Crippen molar-refractivity contribution < 1.29 is 0 Å². The number of hydrogen-bond acceptors (Lipinski definition) is 4. The molecule has 1 unspecified atom stereocenters. The first-order valence-electron chi connectivity index (χ1n) is 7.14. The average molecular weight is 265 g/mol. The fourth-order valence-electron chi connectivity index (χ4n) is 2.75. The Morgan fingerprint density at radius 3 is 2.56 bits per heavy atom. The van der Waals surface area contributed by atoms with Gasteiger partial charge in [-0.1, -0.05) is 0 Å². The molecule has 0 bridgehead atoms. The van der Waals surface area contributed by atoms with Crippen molar-refractivity contribution in [3.05, 3.63) is 16.1 Å². The Balaban J connectivity index is 1.45. The molecule has 0 aromatic carbocycles. The van der Waals surface area contributed by atoms with E-state index in [1.165, 1.54) is 32.2 Å². The number of rotatable bonds is 7. The van der Waals surface area contributed by atoms with E-state index >= 15 is 0 Å². The molecular formula is C14H23N3S. The molecule has 3 N–H and O–H groups in total. The predicted molar refractivity (Wildman–Crippen MR) is 75.4 cm³/mol. The van der Waals surface area contributed by atoms with Crippen LogP contribution in [-0.4, -0.2) is 11.5 Å². The van der Waals surface area contributed by atoms with E-state index < -0.39 is 0 Å². The van der Waals surface area contributed by atoms with Gasteiger partial charge in [-0.2, -0.15) is 0 Å². The Kier molecular flexibility index (Phi) is 3.68. The summed E-state index contributed by atoms with van der Waals surface area (Å²) < 4.78 is 0. The molecule has 0 saturated heterocycles. The Morgan fingerprint density at radius 1 is 1.39 bits per heavy atom. The van der Waals surface area contributed by atoms with E-state index in [1.807, 2.05) is 6.92 Å². The van der Waals surface area contributed by atoms with Gasteiger partial charge in [0.05, 0.1) is 11.7 Å². The summed E-state index contributed by atoms with van der Waals surface area (Å²) in [4.78, 5) is 4.56. The molecule has 18 heavy (non-hydrogen) atoms. The maximum Gasteiger partial charge on any atom is 0.109 e. The number of nitrogens with zero attached hydrogens (tertiary/aromatic N) is 1. The standard InChI is InChI=1S/C14H23N3S/c1-9(15)14-17-12(8-18-14)6-16-7-13(10-2-3-10)11-4-5-11/h8-11,13,16H,2-7,15H2,1H3. The fourth-order valence-corrected chi connectivity index (χ4v) is 3.52. The molecule has 2 saturated carbocycles. The van der Waals surface area contributed by atoms with Gasteiger partial charge in [-0.3, -0.25) is 0 Å². The van der Waals surface area contributed by atoms with Crippen LogP contribution in [0.25, 0.3) is 0 Å². The minimum absolute atomic E-state index is 0.0643. The molecule has 3 nitrogen and oxygen atoms in total. The first-order valence-corrected chi connectivity index (χ1v) is 8.02. The smallest absolute Gasteiger partial charge is 0.109 e. The lowest BCUT2D eigenvalue weighted by Gasteiger charge is -2.15. The maximum absolute atomic E-state index is 5.83. The normalized spacial score (nSPS) is 21.5. The first kappa shape index (κ1) is 12.6.